The van der Waals surface area contributed by atoms with Crippen molar-refractivity contribution in [2.24, 2.45) is 0 Å². The van der Waals surface area contributed by atoms with Crippen molar-refractivity contribution in [2.45, 2.75) is 6.54 Å². The first-order chi connectivity index (χ1) is 9.97. The van der Waals surface area contributed by atoms with Gasteiger partial charge in [-0.3, -0.25) is 4.79 Å². The van der Waals surface area contributed by atoms with Crippen molar-refractivity contribution < 1.29 is 9.18 Å². The topological polar surface area (TPSA) is 32.3 Å². The fourth-order valence-corrected chi connectivity index (χ4v) is 2.04. The lowest BCUT2D eigenvalue weighted by Gasteiger charge is -2.13. The number of halogens is 2. The van der Waals surface area contributed by atoms with Crippen molar-refractivity contribution in [3.63, 3.8) is 0 Å². The van der Waals surface area contributed by atoms with E-state index < -0.39 is 0 Å². The second-order valence-electron chi connectivity index (χ2n) is 4.87. The lowest BCUT2D eigenvalue weighted by Crippen LogP contribution is -2.22. The zero-order chi connectivity index (χ0) is 15.4. The Hall–Kier alpha value is -2.07. The normalized spacial score (nSPS) is 10.3. The van der Waals surface area contributed by atoms with E-state index in [0.29, 0.717) is 17.1 Å². The second kappa shape index (κ2) is 6.59. The lowest BCUT2D eigenvalue weighted by molar-refractivity contribution is 0.0828. The Morgan fingerprint density at radius 2 is 1.86 bits per heavy atom. The van der Waals surface area contributed by atoms with Crippen LogP contribution in [0, 0.1) is 5.82 Å². The Kier molecular flexibility index (Phi) is 4.81. The molecule has 0 spiro atoms. The van der Waals surface area contributed by atoms with Crippen molar-refractivity contribution >= 4 is 23.2 Å². The highest BCUT2D eigenvalue weighted by molar-refractivity contribution is 6.34. The van der Waals surface area contributed by atoms with Gasteiger partial charge in [0.25, 0.3) is 5.91 Å². The molecule has 0 aliphatic rings. The Bertz CT molecular complexity index is 641. The number of rotatable bonds is 4. The highest BCUT2D eigenvalue weighted by Gasteiger charge is 2.12. The minimum absolute atomic E-state index is 0.148. The van der Waals surface area contributed by atoms with Crippen LogP contribution >= 0.6 is 11.6 Å². The maximum absolute atomic E-state index is 12.8. The molecule has 0 radical (unpaired) electrons. The summed E-state index contributed by atoms with van der Waals surface area (Å²) in [5, 5.41) is 3.61. The maximum Gasteiger partial charge on any atom is 0.254 e. The van der Waals surface area contributed by atoms with Crippen LogP contribution < -0.4 is 5.32 Å². The first kappa shape index (κ1) is 15.3. The molecule has 1 N–H and O–H groups in total. The summed E-state index contributed by atoms with van der Waals surface area (Å²) in [6, 6.07) is 11.5. The zero-order valence-electron chi connectivity index (χ0n) is 11.9. The van der Waals surface area contributed by atoms with Crippen LogP contribution in [0.25, 0.3) is 0 Å². The van der Waals surface area contributed by atoms with Crippen molar-refractivity contribution in [3.05, 3.63) is 64.4 Å². The van der Waals surface area contributed by atoms with E-state index in [9.17, 15) is 9.18 Å². The number of hydrogen-bond donors (Lipinski definition) is 1. The molecule has 0 aromatic heterocycles. The molecule has 0 bridgehead atoms. The molecular weight excluding hydrogens is 291 g/mol. The second-order valence-corrected chi connectivity index (χ2v) is 5.28. The van der Waals surface area contributed by atoms with Crippen molar-refractivity contribution in [1.29, 1.82) is 0 Å². The zero-order valence-corrected chi connectivity index (χ0v) is 12.6. The predicted octanol–water partition coefficient (Wildman–Crippen LogP) is 3.79. The third-order valence-electron chi connectivity index (χ3n) is 3.01. The number of amides is 1. The van der Waals surface area contributed by atoms with Crippen LogP contribution in [0.5, 0.6) is 0 Å². The van der Waals surface area contributed by atoms with Gasteiger partial charge in [0.15, 0.2) is 0 Å². The average Bonchev–Trinajstić information content (AvgIpc) is 2.47. The fraction of sp³-hybridized carbons (Fsp3) is 0.188. The molecule has 21 heavy (non-hydrogen) atoms. The molecule has 0 fully saturated rings. The van der Waals surface area contributed by atoms with Crippen LogP contribution in [-0.2, 0) is 6.54 Å². The van der Waals surface area contributed by atoms with Crippen LogP contribution in [0.2, 0.25) is 5.02 Å². The van der Waals surface area contributed by atoms with E-state index in [2.05, 4.69) is 5.32 Å². The minimum Gasteiger partial charge on any atom is -0.381 e. The number of nitrogens with zero attached hydrogens (tertiary/aromatic N) is 1. The monoisotopic (exact) mass is 306 g/mol. The van der Waals surface area contributed by atoms with Crippen LogP contribution in [0.3, 0.4) is 0 Å². The van der Waals surface area contributed by atoms with E-state index in [1.807, 2.05) is 0 Å². The maximum atomic E-state index is 12.8. The van der Waals surface area contributed by atoms with Crippen LogP contribution in [0.1, 0.15) is 15.9 Å². The van der Waals surface area contributed by atoms with Gasteiger partial charge in [-0.15, -0.1) is 0 Å². The molecule has 0 atom stereocenters. The molecule has 0 saturated heterocycles. The molecule has 0 aliphatic heterocycles. The third kappa shape index (κ3) is 3.95. The molecule has 2 rings (SSSR count). The fourth-order valence-electron chi connectivity index (χ4n) is 1.85. The standard InChI is InChI=1S/C16H16ClFN2O/c1-20(2)16(21)14-9-13(7-8-15(14)17)19-10-11-3-5-12(18)6-4-11/h3-9,19H,10H2,1-2H3. The lowest BCUT2D eigenvalue weighted by atomic mass is 10.1. The number of hydrogen-bond acceptors (Lipinski definition) is 2. The van der Waals surface area contributed by atoms with E-state index >= 15 is 0 Å². The number of anilines is 1. The number of nitrogens with one attached hydrogen (secondary N) is 1. The number of benzene rings is 2. The molecule has 0 saturated carbocycles. The van der Waals surface area contributed by atoms with Crippen molar-refractivity contribution in [3.8, 4) is 0 Å². The first-order valence-corrected chi connectivity index (χ1v) is 6.84. The molecule has 0 heterocycles. The molecular formula is C16H16ClFN2O. The quantitative estimate of drug-likeness (QED) is 0.932. The van der Waals surface area contributed by atoms with Crippen molar-refractivity contribution in [2.75, 3.05) is 19.4 Å². The third-order valence-corrected chi connectivity index (χ3v) is 3.34. The van der Waals surface area contributed by atoms with E-state index in [0.717, 1.165) is 11.3 Å². The Balaban J connectivity index is 2.12. The summed E-state index contributed by atoms with van der Waals surface area (Å²) in [6.45, 7) is 0.539. The largest absolute Gasteiger partial charge is 0.381 e. The van der Waals surface area contributed by atoms with Gasteiger partial charge in [0.2, 0.25) is 0 Å². The summed E-state index contributed by atoms with van der Waals surface area (Å²) in [5.41, 5.74) is 2.19. The van der Waals surface area contributed by atoms with Gasteiger partial charge in [0.05, 0.1) is 10.6 Å². The summed E-state index contributed by atoms with van der Waals surface area (Å²) in [5.74, 6) is -0.408. The molecule has 110 valence electrons. The van der Waals surface area contributed by atoms with E-state index in [1.54, 1.807) is 44.4 Å². The Morgan fingerprint density at radius 1 is 1.19 bits per heavy atom. The summed E-state index contributed by atoms with van der Waals surface area (Å²) >= 11 is 6.05. The van der Waals surface area contributed by atoms with Crippen molar-refractivity contribution in [1.82, 2.24) is 4.90 Å². The molecule has 3 nitrogen and oxygen atoms in total. The predicted molar refractivity (Wildman–Crippen MR) is 83.2 cm³/mol. The minimum atomic E-state index is -0.260. The molecule has 1 amide bonds. The van der Waals surface area contributed by atoms with Gasteiger partial charge >= 0.3 is 0 Å². The molecule has 2 aromatic rings. The number of carbonyl (C=O) groups is 1. The van der Waals surface area contributed by atoms with Gasteiger partial charge in [0, 0.05) is 26.3 Å². The molecule has 2 aromatic carbocycles. The van der Waals surface area contributed by atoms with Gasteiger partial charge in [-0.25, -0.2) is 4.39 Å². The Labute approximate surface area is 128 Å². The molecule has 0 aliphatic carbocycles. The van der Waals surface area contributed by atoms with Gasteiger partial charge in [-0.1, -0.05) is 23.7 Å². The van der Waals surface area contributed by atoms with Gasteiger partial charge in [-0.05, 0) is 35.9 Å². The van der Waals surface area contributed by atoms with E-state index in [-0.39, 0.29) is 11.7 Å². The summed E-state index contributed by atoms with van der Waals surface area (Å²) in [6.07, 6.45) is 0. The highest BCUT2D eigenvalue weighted by Crippen LogP contribution is 2.22. The molecule has 5 heteroatoms. The SMILES string of the molecule is CN(C)C(=O)c1cc(NCc2ccc(F)cc2)ccc1Cl. The molecule has 0 unspecified atom stereocenters. The smallest absolute Gasteiger partial charge is 0.254 e. The summed E-state index contributed by atoms with van der Waals surface area (Å²) in [4.78, 5) is 13.5. The summed E-state index contributed by atoms with van der Waals surface area (Å²) in [7, 11) is 3.36. The van der Waals surface area contributed by atoms with Crippen LogP contribution in [0.4, 0.5) is 10.1 Å². The number of carbonyl (C=O) groups excluding carboxylic acids is 1. The highest BCUT2D eigenvalue weighted by atomic mass is 35.5. The Morgan fingerprint density at radius 3 is 2.48 bits per heavy atom. The van der Waals surface area contributed by atoms with E-state index in [1.165, 1.54) is 17.0 Å². The van der Waals surface area contributed by atoms with Crippen LogP contribution in [-0.4, -0.2) is 24.9 Å². The van der Waals surface area contributed by atoms with Gasteiger partial charge in [-0.2, -0.15) is 0 Å². The average molecular weight is 307 g/mol. The first-order valence-electron chi connectivity index (χ1n) is 6.47. The van der Waals surface area contributed by atoms with Crippen LogP contribution in [0.15, 0.2) is 42.5 Å². The van der Waals surface area contributed by atoms with Gasteiger partial charge < -0.3 is 10.2 Å². The van der Waals surface area contributed by atoms with E-state index in [4.69, 9.17) is 11.6 Å². The summed E-state index contributed by atoms with van der Waals surface area (Å²) < 4.78 is 12.8. The van der Waals surface area contributed by atoms with Gasteiger partial charge in [0.1, 0.15) is 5.82 Å².